The summed E-state index contributed by atoms with van der Waals surface area (Å²) in [5.41, 5.74) is 0. The Labute approximate surface area is 132 Å². The molecule has 3 nitrogen and oxygen atoms in total. The van der Waals surface area contributed by atoms with E-state index in [0.29, 0.717) is 5.75 Å². The van der Waals surface area contributed by atoms with Gasteiger partial charge in [-0.25, -0.2) is 0 Å². The summed E-state index contributed by atoms with van der Waals surface area (Å²) < 4.78 is 5.44. The van der Waals surface area contributed by atoms with E-state index in [1.807, 2.05) is 48.5 Å². The highest BCUT2D eigenvalue weighted by molar-refractivity contribution is 7.99. The molecule has 21 heavy (non-hydrogen) atoms. The van der Waals surface area contributed by atoms with Crippen LogP contribution >= 0.6 is 23.4 Å². The SMILES string of the molecule is CC(COc1ccc(Sc2ccc(Cl)cc2)cc1)C(=O)O. The minimum atomic E-state index is -0.857. The van der Waals surface area contributed by atoms with Crippen molar-refractivity contribution < 1.29 is 14.6 Å². The highest BCUT2D eigenvalue weighted by atomic mass is 35.5. The van der Waals surface area contributed by atoms with E-state index in [1.54, 1.807) is 18.7 Å². The molecular formula is C16H15ClO3S. The lowest BCUT2D eigenvalue weighted by Gasteiger charge is -2.09. The molecule has 0 aliphatic heterocycles. The van der Waals surface area contributed by atoms with Gasteiger partial charge in [-0.3, -0.25) is 4.79 Å². The van der Waals surface area contributed by atoms with E-state index >= 15 is 0 Å². The normalized spacial score (nSPS) is 11.9. The van der Waals surface area contributed by atoms with Crippen LogP contribution in [0.4, 0.5) is 0 Å². The number of ether oxygens (including phenoxy) is 1. The van der Waals surface area contributed by atoms with Crippen LogP contribution in [0.15, 0.2) is 58.3 Å². The van der Waals surface area contributed by atoms with Gasteiger partial charge in [-0.1, -0.05) is 23.4 Å². The maximum atomic E-state index is 10.7. The molecule has 0 saturated heterocycles. The molecule has 1 atom stereocenters. The fourth-order valence-electron chi connectivity index (χ4n) is 1.54. The molecule has 0 spiro atoms. The number of rotatable bonds is 6. The number of hydrogen-bond donors (Lipinski definition) is 1. The molecule has 1 unspecified atom stereocenters. The number of carbonyl (C=O) groups is 1. The van der Waals surface area contributed by atoms with Gasteiger partial charge >= 0.3 is 5.97 Å². The molecule has 110 valence electrons. The van der Waals surface area contributed by atoms with Gasteiger partial charge in [0.2, 0.25) is 0 Å². The van der Waals surface area contributed by atoms with Crippen molar-refractivity contribution in [1.82, 2.24) is 0 Å². The average Bonchev–Trinajstić information content (AvgIpc) is 2.48. The Morgan fingerprint density at radius 2 is 1.67 bits per heavy atom. The van der Waals surface area contributed by atoms with Crippen molar-refractivity contribution in [2.24, 2.45) is 5.92 Å². The molecule has 0 bridgehead atoms. The van der Waals surface area contributed by atoms with Crippen molar-refractivity contribution >= 4 is 29.3 Å². The predicted octanol–water partition coefficient (Wildman–Crippen LogP) is 4.59. The van der Waals surface area contributed by atoms with Crippen LogP contribution in [-0.2, 0) is 4.79 Å². The Balaban J connectivity index is 1.92. The third kappa shape index (κ3) is 4.99. The fraction of sp³-hybridized carbons (Fsp3) is 0.188. The quantitative estimate of drug-likeness (QED) is 0.845. The summed E-state index contributed by atoms with van der Waals surface area (Å²) >= 11 is 7.48. The lowest BCUT2D eigenvalue weighted by atomic mass is 10.2. The van der Waals surface area contributed by atoms with Crippen molar-refractivity contribution in [2.45, 2.75) is 16.7 Å². The fourth-order valence-corrected chi connectivity index (χ4v) is 2.48. The number of benzene rings is 2. The van der Waals surface area contributed by atoms with Gasteiger partial charge in [-0.05, 0) is 55.5 Å². The smallest absolute Gasteiger partial charge is 0.309 e. The summed E-state index contributed by atoms with van der Waals surface area (Å²) in [4.78, 5) is 12.9. The molecule has 0 heterocycles. The van der Waals surface area contributed by atoms with Gasteiger partial charge in [0.1, 0.15) is 12.4 Å². The van der Waals surface area contributed by atoms with Gasteiger partial charge in [0, 0.05) is 14.8 Å². The summed E-state index contributed by atoms with van der Waals surface area (Å²) in [7, 11) is 0. The first-order valence-electron chi connectivity index (χ1n) is 6.43. The van der Waals surface area contributed by atoms with Gasteiger partial charge in [-0.2, -0.15) is 0 Å². The molecular weight excluding hydrogens is 308 g/mol. The predicted molar refractivity (Wildman–Crippen MR) is 84.3 cm³/mol. The third-order valence-corrected chi connectivity index (χ3v) is 4.06. The molecule has 0 radical (unpaired) electrons. The minimum Gasteiger partial charge on any atom is -0.493 e. The molecule has 0 aliphatic carbocycles. The summed E-state index contributed by atoms with van der Waals surface area (Å²) in [6.07, 6.45) is 0. The van der Waals surface area contributed by atoms with Crippen LogP contribution in [0.25, 0.3) is 0 Å². The zero-order valence-electron chi connectivity index (χ0n) is 11.5. The second-order valence-electron chi connectivity index (χ2n) is 4.58. The summed E-state index contributed by atoms with van der Waals surface area (Å²) in [5, 5.41) is 9.51. The van der Waals surface area contributed by atoms with Crippen LogP contribution in [0.1, 0.15) is 6.92 Å². The molecule has 0 saturated carbocycles. The highest BCUT2D eigenvalue weighted by Gasteiger charge is 2.11. The number of aliphatic carboxylic acids is 1. The van der Waals surface area contributed by atoms with E-state index < -0.39 is 11.9 Å². The Kier molecular flexibility index (Phi) is 5.53. The molecule has 0 aromatic heterocycles. The number of hydrogen-bond acceptors (Lipinski definition) is 3. The molecule has 0 aliphatic rings. The second kappa shape index (κ2) is 7.38. The summed E-state index contributed by atoms with van der Waals surface area (Å²) in [5.74, 6) is -0.707. The van der Waals surface area contributed by atoms with E-state index in [-0.39, 0.29) is 6.61 Å². The van der Waals surface area contributed by atoms with Crippen molar-refractivity contribution in [2.75, 3.05) is 6.61 Å². The van der Waals surface area contributed by atoms with Crippen LogP contribution in [-0.4, -0.2) is 17.7 Å². The largest absolute Gasteiger partial charge is 0.493 e. The lowest BCUT2D eigenvalue weighted by molar-refractivity contribution is -0.142. The zero-order valence-corrected chi connectivity index (χ0v) is 13.0. The van der Waals surface area contributed by atoms with E-state index in [4.69, 9.17) is 21.4 Å². The summed E-state index contributed by atoms with van der Waals surface area (Å²) in [6, 6.07) is 15.2. The maximum absolute atomic E-state index is 10.7. The van der Waals surface area contributed by atoms with Gasteiger partial charge < -0.3 is 9.84 Å². The van der Waals surface area contributed by atoms with Crippen molar-refractivity contribution in [3.63, 3.8) is 0 Å². The van der Waals surface area contributed by atoms with Crippen LogP contribution in [0.3, 0.4) is 0 Å². The molecule has 1 N–H and O–H groups in total. The van der Waals surface area contributed by atoms with E-state index in [2.05, 4.69) is 0 Å². The van der Waals surface area contributed by atoms with Crippen LogP contribution < -0.4 is 4.74 Å². The Bertz CT molecular complexity index is 596. The van der Waals surface area contributed by atoms with Gasteiger partial charge in [0.25, 0.3) is 0 Å². The first kappa shape index (κ1) is 15.7. The topological polar surface area (TPSA) is 46.5 Å². The first-order valence-corrected chi connectivity index (χ1v) is 7.63. The standard InChI is InChI=1S/C16H15ClO3S/c1-11(16(18)19)10-20-13-4-8-15(9-5-13)21-14-6-2-12(17)3-7-14/h2-9,11H,10H2,1H3,(H,18,19). The number of halogens is 1. The van der Waals surface area contributed by atoms with Crippen LogP contribution in [0.2, 0.25) is 5.02 Å². The molecule has 5 heteroatoms. The number of carboxylic acid groups (broad SMARTS) is 1. The lowest BCUT2D eigenvalue weighted by Crippen LogP contribution is -2.17. The van der Waals surface area contributed by atoms with Crippen molar-refractivity contribution in [1.29, 1.82) is 0 Å². The van der Waals surface area contributed by atoms with E-state index in [1.165, 1.54) is 0 Å². The molecule has 2 rings (SSSR count). The third-order valence-electron chi connectivity index (χ3n) is 2.79. The average molecular weight is 323 g/mol. The van der Waals surface area contributed by atoms with Crippen LogP contribution in [0.5, 0.6) is 5.75 Å². The first-order chi connectivity index (χ1) is 10.0. The van der Waals surface area contributed by atoms with Gasteiger partial charge in [0.05, 0.1) is 5.92 Å². The zero-order chi connectivity index (χ0) is 15.2. The van der Waals surface area contributed by atoms with E-state index in [9.17, 15) is 4.79 Å². The Morgan fingerprint density at radius 3 is 2.19 bits per heavy atom. The Hall–Kier alpha value is -1.65. The second-order valence-corrected chi connectivity index (χ2v) is 6.16. The molecule has 2 aromatic carbocycles. The minimum absolute atomic E-state index is 0.166. The summed E-state index contributed by atoms with van der Waals surface area (Å²) in [6.45, 7) is 1.78. The molecule has 2 aromatic rings. The van der Waals surface area contributed by atoms with E-state index in [0.717, 1.165) is 14.8 Å². The van der Waals surface area contributed by atoms with Gasteiger partial charge in [-0.15, -0.1) is 0 Å². The maximum Gasteiger partial charge on any atom is 0.309 e. The molecule has 0 amide bonds. The Morgan fingerprint density at radius 1 is 1.14 bits per heavy atom. The van der Waals surface area contributed by atoms with Gasteiger partial charge in [0.15, 0.2) is 0 Å². The van der Waals surface area contributed by atoms with Crippen molar-refractivity contribution in [3.8, 4) is 5.75 Å². The number of carboxylic acids is 1. The monoisotopic (exact) mass is 322 g/mol. The van der Waals surface area contributed by atoms with Crippen molar-refractivity contribution in [3.05, 3.63) is 53.6 Å². The highest BCUT2D eigenvalue weighted by Crippen LogP contribution is 2.29. The van der Waals surface area contributed by atoms with Crippen LogP contribution in [0, 0.1) is 5.92 Å². The molecule has 0 fully saturated rings.